The fraction of sp³-hybridized carbons (Fsp3) is 0.500. The second-order valence-corrected chi connectivity index (χ2v) is 6.54. The highest BCUT2D eigenvalue weighted by Gasteiger charge is 2.24. The van der Waals surface area contributed by atoms with E-state index in [1.54, 1.807) is 11.3 Å². The zero-order valence-corrected chi connectivity index (χ0v) is 12.3. The SMILES string of the molecule is CNC(Cn1ccnc1-c1cccs1)C(C)(C)C. The Morgan fingerprint density at radius 1 is 1.44 bits per heavy atom. The number of hydrogen-bond donors (Lipinski definition) is 1. The van der Waals surface area contributed by atoms with Gasteiger partial charge < -0.3 is 9.88 Å². The summed E-state index contributed by atoms with van der Waals surface area (Å²) in [7, 11) is 2.03. The van der Waals surface area contributed by atoms with E-state index in [0.29, 0.717) is 6.04 Å². The molecule has 2 aromatic rings. The van der Waals surface area contributed by atoms with E-state index in [1.807, 2.05) is 13.2 Å². The fourth-order valence-electron chi connectivity index (χ4n) is 2.08. The third-order valence-electron chi connectivity index (χ3n) is 3.23. The van der Waals surface area contributed by atoms with Gasteiger partial charge in [-0.05, 0) is 23.9 Å². The van der Waals surface area contributed by atoms with Crippen molar-refractivity contribution in [3.05, 3.63) is 29.9 Å². The molecule has 1 atom stereocenters. The third kappa shape index (κ3) is 2.82. The fourth-order valence-corrected chi connectivity index (χ4v) is 2.82. The minimum Gasteiger partial charge on any atom is -0.329 e. The lowest BCUT2D eigenvalue weighted by Gasteiger charge is -2.31. The monoisotopic (exact) mass is 263 g/mol. The number of thiophene rings is 1. The molecule has 0 saturated carbocycles. The van der Waals surface area contributed by atoms with Crippen LogP contribution in [0.1, 0.15) is 20.8 Å². The average Bonchev–Trinajstić information content (AvgIpc) is 2.94. The van der Waals surface area contributed by atoms with Crippen molar-refractivity contribution in [1.82, 2.24) is 14.9 Å². The summed E-state index contributed by atoms with van der Waals surface area (Å²) in [5.41, 5.74) is 0.228. The molecule has 0 radical (unpaired) electrons. The van der Waals surface area contributed by atoms with Crippen LogP contribution >= 0.6 is 11.3 Å². The number of nitrogens with zero attached hydrogens (tertiary/aromatic N) is 2. The number of hydrogen-bond acceptors (Lipinski definition) is 3. The molecule has 2 heterocycles. The summed E-state index contributed by atoms with van der Waals surface area (Å²) in [5.74, 6) is 1.06. The Hall–Kier alpha value is -1.13. The normalized spacial score (nSPS) is 13.8. The summed E-state index contributed by atoms with van der Waals surface area (Å²) >= 11 is 1.73. The Morgan fingerprint density at radius 2 is 2.22 bits per heavy atom. The first-order valence-corrected chi connectivity index (χ1v) is 7.12. The van der Waals surface area contributed by atoms with Crippen molar-refractivity contribution >= 4 is 11.3 Å². The van der Waals surface area contributed by atoms with Crippen molar-refractivity contribution in [2.45, 2.75) is 33.4 Å². The molecule has 18 heavy (non-hydrogen) atoms. The van der Waals surface area contributed by atoms with Gasteiger partial charge in [-0.3, -0.25) is 0 Å². The second kappa shape index (κ2) is 5.24. The molecule has 0 fully saturated rings. The van der Waals surface area contributed by atoms with E-state index in [4.69, 9.17) is 0 Å². The Balaban J connectivity index is 2.23. The lowest BCUT2D eigenvalue weighted by atomic mass is 9.87. The Bertz CT molecular complexity index is 479. The van der Waals surface area contributed by atoms with Gasteiger partial charge in [0.15, 0.2) is 0 Å². The van der Waals surface area contributed by atoms with E-state index in [9.17, 15) is 0 Å². The molecule has 0 aliphatic heterocycles. The van der Waals surface area contributed by atoms with Gasteiger partial charge in [0.25, 0.3) is 0 Å². The molecule has 0 aliphatic rings. The van der Waals surface area contributed by atoms with Crippen LogP contribution in [0.25, 0.3) is 10.7 Å². The summed E-state index contributed by atoms with van der Waals surface area (Å²) in [5, 5.41) is 5.50. The smallest absolute Gasteiger partial charge is 0.150 e. The Labute approximate surface area is 113 Å². The van der Waals surface area contributed by atoms with Gasteiger partial charge in [0.1, 0.15) is 5.82 Å². The maximum Gasteiger partial charge on any atom is 0.150 e. The van der Waals surface area contributed by atoms with Gasteiger partial charge in [0.2, 0.25) is 0 Å². The van der Waals surface area contributed by atoms with Gasteiger partial charge in [0.05, 0.1) is 4.88 Å². The predicted octanol–water partition coefficient (Wildman–Crippen LogP) is 3.25. The lowest BCUT2D eigenvalue weighted by Crippen LogP contribution is -2.41. The van der Waals surface area contributed by atoms with Gasteiger partial charge >= 0.3 is 0 Å². The molecule has 98 valence electrons. The van der Waals surface area contributed by atoms with E-state index in [2.05, 4.69) is 59.3 Å². The van der Waals surface area contributed by atoms with Crippen molar-refractivity contribution in [2.24, 2.45) is 5.41 Å². The molecule has 3 nitrogen and oxygen atoms in total. The van der Waals surface area contributed by atoms with Crippen LogP contribution in [0.5, 0.6) is 0 Å². The number of imidazole rings is 1. The first kappa shape index (κ1) is 13.3. The maximum atomic E-state index is 4.47. The molecular formula is C14H21N3S. The molecule has 0 saturated heterocycles. The summed E-state index contributed by atoms with van der Waals surface area (Å²) in [4.78, 5) is 5.70. The molecule has 0 aliphatic carbocycles. The van der Waals surface area contributed by atoms with E-state index >= 15 is 0 Å². The molecule has 1 N–H and O–H groups in total. The molecule has 0 aromatic carbocycles. The molecular weight excluding hydrogens is 242 g/mol. The van der Waals surface area contributed by atoms with Gasteiger partial charge in [-0.15, -0.1) is 11.3 Å². The molecule has 4 heteroatoms. The third-order valence-corrected chi connectivity index (χ3v) is 4.10. The van der Waals surface area contributed by atoms with Crippen LogP contribution in [-0.2, 0) is 6.54 Å². The zero-order valence-electron chi connectivity index (χ0n) is 11.5. The predicted molar refractivity (Wildman–Crippen MR) is 77.8 cm³/mol. The minimum absolute atomic E-state index is 0.228. The lowest BCUT2D eigenvalue weighted by molar-refractivity contribution is 0.255. The highest BCUT2D eigenvalue weighted by atomic mass is 32.1. The van der Waals surface area contributed by atoms with Crippen LogP contribution < -0.4 is 5.32 Å². The second-order valence-electron chi connectivity index (χ2n) is 5.59. The molecule has 2 rings (SSSR count). The van der Waals surface area contributed by atoms with Crippen LogP contribution in [0.3, 0.4) is 0 Å². The molecule has 0 amide bonds. The standard InChI is InChI=1S/C14H21N3S/c1-14(2,3)12(15-4)10-17-8-7-16-13(17)11-6-5-9-18-11/h5-9,12,15H,10H2,1-4H3. The average molecular weight is 263 g/mol. The van der Waals surface area contributed by atoms with Crippen LogP contribution in [0.15, 0.2) is 29.9 Å². The molecule has 1 unspecified atom stereocenters. The number of rotatable bonds is 4. The first-order chi connectivity index (χ1) is 8.52. The highest BCUT2D eigenvalue weighted by Crippen LogP contribution is 2.25. The van der Waals surface area contributed by atoms with Crippen LogP contribution in [0.2, 0.25) is 0 Å². The van der Waals surface area contributed by atoms with E-state index in [0.717, 1.165) is 12.4 Å². The van der Waals surface area contributed by atoms with E-state index < -0.39 is 0 Å². The van der Waals surface area contributed by atoms with Crippen molar-refractivity contribution < 1.29 is 0 Å². The number of aromatic nitrogens is 2. The topological polar surface area (TPSA) is 29.9 Å². The van der Waals surface area contributed by atoms with E-state index in [-0.39, 0.29) is 5.41 Å². The van der Waals surface area contributed by atoms with Crippen molar-refractivity contribution in [2.75, 3.05) is 7.05 Å². The van der Waals surface area contributed by atoms with Crippen molar-refractivity contribution in [1.29, 1.82) is 0 Å². The molecule has 2 aromatic heterocycles. The molecule has 0 spiro atoms. The van der Waals surface area contributed by atoms with Crippen molar-refractivity contribution in [3.8, 4) is 10.7 Å². The van der Waals surface area contributed by atoms with Gasteiger partial charge in [-0.25, -0.2) is 4.98 Å². The van der Waals surface area contributed by atoms with Crippen LogP contribution in [0, 0.1) is 5.41 Å². The van der Waals surface area contributed by atoms with Crippen LogP contribution in [0.4, 0.5) is 0 Å². The van der Waals surface area contributed by atoms with Gasteiger partial charge in [-0.1, -0.05) is 26.8 Å². The van der Waals surface area contributed by atoms with Gasteiger partial charge in [-0.2, -0.15) is 0 Å². The summed E-state index contributed by atoms with van der Waals surface area (Å²) < 4.78 is 2.23. The maximum absolute atomic E-state index is 4.47. The zero-order chi connectivity index (χ0) is 13.2. The first-order valence-electron chi connectivity index (χ1n) is 6.24. The highest BCUT2D eigenvalue weighted by molar-refractivity contribution is 7.13. The number of likely N-dealkylation sites (N-methyl/N-ethyl adjacent to an activating group) is 1. The number of nitrogens with one attached hydrogen (secondary N) is 1. The quantitative estimate of drug-likeness (QED) is 0.917. The van der Waals surface area contributed by atoms with Crippen LogP contribution in [-0.4, -0.2) is 22.6 Å². The summed E-state index contributed by atoms with van der Waals surface area (Å²) in [6, 6.07) is 4.61. The minimum atomic E-state index is 0.228. The molecule has 0 bridgehead atoms. The Morgan fingerprint density at radius 3 is 2.78 bits per heavy atom. The van der Waals surface area contributed by atoms with Crippen molar-refractivity contribution in [3.63, 3.8) is 0 Å². The summed E-state index contributed by atoms with van der Waals surface area (Å²) in [6.07, 6.45) is 3.94. The Kier molecular flexibility index (Phi) is 3.88. The van der Waals surface area contributed by atoms with Gasteiger partial charge in [0, 0.05) is 25.0 Å². The van der Waals surface area contributed by atoms with E-state index in [1.165, 1.54) is 4.88 Å². The largest absolute Gasteiger partial charge is 0.329 e. The summed E-state index contributed by atoms with van der Waals surface area (Å²) in [6.45, 7) is 7.72.